The van der Waals surface area contributed by atoms with Crippen LogP contribution in [0, 0.1) is 12.8 Å². The van der Waals surface area contributed by atoms with E-state index in [0.29, 0.717) is 18.2 Å². The summed E-state index contributed by atoms with van der Waals surface area (Å²) in [5.74, 6) is 0.784. The molecule has 4 aromatic rings. The van der Waals surface area contributed by atoms with Crippen molar-refractivity contribution in [2.45, 2.75) is 6.92 Å². The van der Waals surface area contributed by atoms with E-state index in [1.54, 1.807) is 6.33 Å². The number of hydrogen-bond donors (Lipinski definition) is 1. The number of carbonyl (C=O) groups excluding carboxylic acids is 1. The summed E-state index contributed by atoms with van der Waals surface area (Å²) in [7, 11) is 0. The van der Waals surface area contributed by atoms with Gasteiger partial charge in [-0.1, -0.05) is 53.8 Å². The minimum absolute atomic E-state index is 0.00954. The number of rotatable bonds is 4. The maximum absolute atomic E-state index is 12.6. The van der Waals surface area contributed by atoms with Crippen LogP contribution >= 0.6 is 11.3 Å². The summed E-state index contributed by atoms with van der Waals surface area (Å²) >= 11 is 1.51. The van der Waals surface area contributed by atoms with Crippen LogP contribution in [0.5, 0.6) is 0 Å². The Morgan fingerprint density at radius 3 is 2.72 bits per heavy atom. The molecule has 2 aromatic carbocycles. The van der Waals surface area contributed by atoms with Gasteiger partial charge in [-0.3, -0.25) is 4.79 Å². The van der Waals surface area contributed by atoms with E-state index < -0.39 is 0 Å². The third-order valence-corrected chi connectivity index (χ3v) is 6.09. The summed E-state index contributed by atoms with van der Waals surface area (Å²) in [6.07, 6.45) is 1.58. The minimum atomic E-state index is -0.0711. The van der Waals surface area contributed by atoms with Crippen LogP contribution < -0.4 is 10.2 Å². The Bertz CT molecular complexity index is 1180. The summed E-state index contributed by atoms with van der Waals surface area (Å²) in [5.41, 5.74) is 4.01. The number of nitrogens with zero attached hydrogens (tertiary/aromatic N) is 4. The number of thiazole rings is 1. The molecule has 7 heteroatoms. The summed E-state index contributed by atoms with van der Waals surface area (Å²) in [6.45, 7) is 3.31. The molecular weight excluding hydrogens is 382 g/mol. The van der Waals surface area contributed by atoms with Crippen molar-refractivity contribution in [3.63, 3.8) is 0 Å². The third kappa shape index (κ3) is 3.45. The van der Waals surface area contributed by atoms with Crippen molar-refractivity contribution >= 4 is 38.4 Å². The second kappa shape index (κ2) is 7.25. The molecule has 0 unspecified atom stereocenters. The number of aryl methyl sites for hydroxylation is 1. The zero-order chi connectivity index (χ0) is 19.8. The van der Waals surface area contributed by atoms with Gasteiger partial charge < -0.3 is 10.2 Å². The Labute approximate surface area is 172 Å². The SMILES string of the molecule is Cc1cccc2sc(NC(=O)C3CN(c4cc(-c5ccccc5)ncn4)C3)nc12. The predicted octanol–water partition coefficient (Wildman–Crippen LogP) is 4.14. The lowest BCUT2D eigenvalue weighted by Crippen LogP contribution is -2.52. The molecule has 144 valence electrons. The smallest absolute Gasteiger partial charge is 0.232 e. The lowest BCUT2D eigenvalue weighted by atomic mass is 9.99. The van der Waals surface area contributed by atoms with Gasteiger partial charge in [0.1, 0.15) is 12.1 Å². The van der Waals surface area contributed by atoms with E-state index in [-0.39, 0.29) is 11.8 Å². The minimum Gasteiger partial charge on any atom is -0.355 e. The van der Waals surface area contributed by atoms with Gasteiger partial charge in [0.05, 0.1) is 21.8 Å². The largest absolute Gasteiger partial charge is 0.355 e. The van der Waals surface area contributed by atoms with E-state index in [9.17, 15) is 4.79 Å². The molecule has 0 saturated carbocycles. The molecule has 0 atom stereocenters. The van der Waals surface area contributed by atoms with Gasteiger partial charge in [0.15, 0.2) is 5.13 Å². The summed E-state index contributed by atoms with van der Waals surface area (Å²) in [4.78, 5) is 28.0. The molecule has 3 heterocycles. The third-order valence-electron chi connectivity index (χ3n) is 5.15. The topological polar surface area (TPSA) is 71.0 Å². The van der Waals surface area contributed by atoms with Gasteiger partial charge in [-0.15, -0.1) is 0 Å². The standard InChI is InChI=1S/C22H19N5OS/c1-14-6-5-9-18-20(14)25-22(29-18)26-21(28)16-11-27(12-16)19-10-17(23-13-24-19)15-7-3-2-4-8-15/h2-10,13,16H,11-12H2,1H3,(H,25,26,28). The molecule has 1 saturated heterocycles. The molecule has 5 rings (SSSR count). The first-order valence-corrected chi connectivity index (χ1v) is 10.3. The monoisotopic (exact) mass is 401 g/mol. The Morgan fingerprint density at radius 1 is 1.10 bits per heavy atom. The van der Waals surface area contributed by atoms with Crippen molar-refractivity contribution in [2.75, 3.05) is 23.3 Å². The average Bonchev–Trinajstić information content (AvgIpc) is 3.12. The highest BCUT2D eigenvalue weighted by atomic mass is 32.1. The van der Waals surface area contributed by atoms with E-state index in [1.807, 2.05) is 61.5 Å². The van der Waals surface area contributed by atoms with Crippen LogP contribution in [0.25, 0.3) is 21.5 Å². The molecule has 1 aliphatic heterocycles. The number of para-hydroxylation sites is 1. The van der Waals surface area contributed by atoms with Gasteiger partial charge in [0.2, 0.25) is 5.91 Å². The van der Waals surface area contributed by atoms with Crippen LogP contribution in [-0.2, 0) is 4.79 Å². The van der Waals surface area contributed by atoms with Crippen molar-refractivity contribution in [3.05, 3.63) is 66.5 Å². The molecule has 0 bridgehead atoms. The van der Waals surface area contributed by atoms with E-state index in [0.717, 1.165) is 32.9 Å². The van der Waals surface area contributed by atoms with Crippen molar-refractivity contribution in [2.24, 2.45) is 5.92 Å². The van der Waals surface area contributed by atoms with Gasteiger partial charge in [-0.05, 0) is 18.6 Å². The lowest BCUT2D eigenvalue weighted by Gasteiger charge is -2.38. The Morgan fingerprint density at radius 2 is 1.93 bits per heavy atom. The van der Waals surface area contributed by atoms with Crippen LogP contribution in [0.3, 0.4) is 0 Å². The first kappa shape index (κ1) is 17.8. The van der Waals surface area contributed by atoms with Crippen LogP contribution in [0.4, 0.5) is 10.9 Å². The molecule has 29 heavy (non-hydrogen) atoms. The van der Waals surface area contributed by atoms with Crippen LogP contribution in [0.15, 0.2) is 60.9 Å². The summed E-state index contributed by atoms with van der Waals surface area (Å²) in [5, 5.41) is 3.64. The molecule has 0 aliphatic carbocycles. The van der Waals surface area contributed by atoms with E-state index >= 15 is 0 Å². The lowest BCUT2D eigenvalue weighted by molar-refractivity contribution is -0.120. The fourth-order valence-electron chi connectivity index (χ4n) is 3.47. The Hall–Kier alpha value is -3.32. The second-order valence-electron chi connectivity index (χ2n) is 7.16. The van der Waals surface area contributed by atoms with Crippen LogP contribution in [0.1, 0.15) is 5.56 Å². The number of amides is 1. The van der Waals surface area contributed by atoms with Gasteiger partial charge in [0.25, 0.3) is 0 Å². The van der Waals surface area contributed by atoms with Gasteiger partial charge in [0, 0.05) is 24.7 Å². The first-order valence-electron chi connectivity index (χ1n) is 9.47. The van der Waals surface area contributed by atoms with Gasteiger partial charge in [-0.2, -0.15) is 0 Å². The van der Waals surface area contributed by atoms with Crippen molar-refractivity contribution in [1.82, 2.24) is 15.0 Å². The normalized spacial score (nSPS) is 14.0. The fraction of sp³-hybridized carbons (Fsp3) is 0.182. The molecule has 0 radical (unpaired) electrons. The molecule has 0 spiro atoms. The maximum Gasteiger partial charge on any atom is 0.232 e. The Kier molecular flexibility index (Phi) is 4.44. The quantitative estimate of drug-likeness (QED) is 0.557. The van der Waals surface area contributed by atoms with Crippen LogP contribution in [0.2, 0.25) is 0 Å². The molecule has 2 aromatic heterocycles. The zero-order valence-electron chi connectivity index (χ0n) is 15.9. The van der Waals surface area contributed by atoms with Gasteiger partial charge >= 0.3 is 0 Å². The number of benzene rings is 2. The molecule has 1 aliphatic rings. The molecular formula is C22H19N5OS. The van der Waals surface area contributed by atoms with E-state index in [1.165, 1.54) is 11.3 Å². The number of fused-ring (bicyclic) bond motifs is 1. The number of carbonyl (C=O) groups is 1. The number of hydrogen-bond acceptors (Lipinski definition) is 6. The molecule has 1 fully saturated rings. The molecule has 1 amide bonds. The summed E-state index contributed by atoms with van der Waals surface area (Å²) in [6, 6.07) is 18.1. The predicted molar refractivity (Wildman–Crippen MR) is 116 cm³/mol. The highest BCUT2D eigenvalue weighted by molar-refractivity contribution is 7.22. The molecule has 6 nitrogen and oxygen atoms in total. The molecule has 1 N–H and O–H groups in total. The fourth-order valence-corrected chi connectivity index (χ4v) is 4.41. The van der Waals surface area contributed by atoms with E-state index in [4.69, 9.17) is 0 Å². The van der Waals surface area contributed by atoms with Gasteiger partial charge in [-0.25, -0.2) is 15.0 Å². The average molecular weight is 401 g/mol. The number of aromatic nitrogens is 3. The number of anilines is 2. The highest BCUT2D eigenvalue weighted by Crippen LogP contribution is 2.30. The summed E-state index contributed by atoms with van der Waals surface area (Å²) < 4.78 is 1.09. The van der Waals surface area contributed by atoms with Crippen molar-refractivity contribution in [1.29, 1.82) is 0 Å². The zero-order valence-corrected chi connectivity index (χ0v) is 16.7. The van der Waals surface area contributed by atoms with Crippen molar-refractivity contribution < 1.29 is 4.79 Å². The highest BCUT2D eigenvalue weighted by Gasteiger charge is 2.34. The van der Waals surface area contributed by atoms with Crippen molar-refractivity contribution in [3.8, 4) is 11.3 Å². The number of nitrogens with one attached hydrogen (secondary N) is 1. The Balaban J connectivity index is 1.25. The van der Waals surface area contributed by atoms with Crippen LogP contribution in [-0.4, -0.2) is 33.9 Å². The first-order chi connectivity index (χ1) is 14.2. The van der Waals surface area contributed by atoms with E-state index in [2.05, 4.69) is 25.2 Å². The second-order valence-corrected chi connectivity index (χ2v) is 8.19. The maximum atomic E-state index is 12.6.